The van der Waals surface area contributed by atoms with Crippen molar-refractivity contribution in [2.24, 2.45) is 0 Å². The van der Waals surface area contributed by atoms with Gasteiger partial charge >= 0.3 is 0 Å². The highest BCUT2D eigenvalue weighted by atomic mass is 79.9. The van der Waals surface area contributed by atoms with Crippen LogP contribution in [0.1, 0.15) is 16.1 Å². The minimum absolute atomic E-state index is 0.00157. The Hall–Kier alpha value is -2.07. The molecule has 0 saturated heterocycles. The van der Waals surface area contributed by atoms with Crippen molar-refractivity contribution in [2.45, 2.75) is 6.42 Å². The zero-order valence-corrected chi connectivity index (χ0v) is 12.2. The van der Waals surface area contributed by atoms with Crippen molar-refractivity contribution in [3.63, 3.8) is 0 Å². The molecule has 3 nitrogen and oxygen atoms in total. The topological polar surface area (TPSA) is 42.9 Å². The minimum Gasteiger partial charge on any atom is -0.292 e. The van der Waals surface area contributed by atoms with Gasteiger partial charge in [-0.15, -0.1) is 0 Å². The van der Waals surface area contributed by atoms with Crippen LogP contribution in [0.5, 0.6) is 0 Å². The summed E-state index contributed by atoms with van der Waals surface area (Å²) in [7, 11) is 0. The van der Waals surface area contributed by atoms with E-state index >= 15 is 0 Å². The third-order valence-corrected chi connectivity index (χ3v) is 3.50. The number of rotatable bonds is 3. The smallest absolute Gasteiger partial charge is 0.186 e. The molecule has 0 atom stereocenters. The van der Waals surface area contributed by atoms with Gasteiger partial charge in [-0.3, -0.25) is 14.8 Å². The molecule has 2 heterocycles. The zero-order valence-electron chi connectivity index (χ0n) is 10.6. The van der Waals surface area contributed by atoms with Crippen LogP contribution in [0.4, 0.5) is 0 Å². The molecule has 3 aromatic rings. The second-order valence-corrected chi connectivity index (χ2v) is 5.41. The Balaban J connectivity index is 1.97. The molecule has 0 unspecified atom stereocenters. The van der Waals surface area contributed by atoms with Gasteiger partial charge in [0.1, 0.15) is 5.69 Å². The number of hydrogen-bond donors (Lipinski definition) is 0. The van der Waals surface area contributed by atoms with Crippen LogP contribution in [0.25, 0.3) is 10.8 Å². The largest absolute Gasteiger partial charge is 0.292 e. The first-order valence-corrected chi connectivity index (χ1v) is 7.00. The molecule has 20 heavy (non-hydrogen) atoms. The highest BCUT2D eigenvalue weighted by Crippen LogP contribution is 2.18. The molecule has 0 radical (unpaired) electrons. The Labute approximate surface area is 124 Å². The van der Waals surface area contributed by atoms with E-state index in [1.165, 1.54) is 0 Å². The van der Waals surface area contributed by atoms with Gasteiger partial charge in [0.05, 0.1) is 0 Å². The second-order valence-electron chi connectivity index (χ2n) is 4.49. The molecule has 0 aliphatic rings. The number of halogens is 1. The number of hydrogen-bond acceptors (Lipinski definition) is 3. The predicted molar refractivity (Wildman–Crippen MR) is 81.7 cm³/mol. The Morgan fingerprint density at radius 1 is 1.15 bits per heavy atom. The van der Waals surface area contributed by atoms with Crippen molar-refractivity contribution in [3.8, 4) is 0 Å². The van der Waals surface area contributed by atoms with Gasteiger partial charge in [0.25, 0.3) is 0 Å². The van der Waals surface area contributed by atoms with Crippen LogP contribution < -0.4 is 0 Å². The Morgan fingerprint density at radius 3 is 2.85 bits per heavy atom. The number of ketones is 1. The maximum Gasteiger partial charge on any atom is 0.186 e. The summed E-state index contributed by atoms with van der Waals surface area (Å²) in [5.41, 5.74) is 1.39. The van der Waals surface area contributed by atoms with Crippen LogP contribution >= 0.6 is 15.9 Å². The van der Waals surface area contributed by atoms with Gasteiger partial charge in [0.15, 0.2) is 5.78 Å². The van der Waals surface area contributed by atoms with E-state index in [1.807, 2.05) is 36.4 Å². The van der Waals surface area contributed by atoms with Crippen LogP contribution in [-0.4, -0.2) is 15.8 Å². The summed E-state index contributed by atoms with van der Waals surface area (Å²) in [6.45, 7) is 0. The lowest BCUT2D eigenvalue weighted by Crippen LogP contribution is -2.07. The standard InChI is InChI=1S/C16H11BrN2O/c17-13-7-11(9-18-10-13)8-15(20)16-14-4-2-1-3-12(14)5-6-19-16/h1-7,9-10H,8H2. The van der Waals surface area contributed by atoms with Crippen molar-refractivity contribution in [2.75, 3.05) is 0 Å². The maximum atomic E-state index is 12.4. The molecule has 0 saturated carbocycles. The minimum atomic E-state index is 0.00157. The molecular formula is C16H11BrN2O. The summed E-state index contributed by atoms with van der Waals surface area (Å²) >= 11 is 3.36. The van der Waals surface area contributed by atoms with Crippen LogP contribution in [0, 0.1) is 0 Å². The second kappa shape index (κ2) is 5.51. The number of benzene rings is 1. The van der Waals surface area contributed by atoms with Crippen molar-refractivity contribution in [3.05, 3.63) is 70.7 Å². The molecule has 0 fully saturated rings. The normalized spacial score (nSPS) is 10.7. The molecule has 2 aromatic heterocycles. The van der Waals surface area contributed by atoms with E-state index in [1.54, 1.807) is 18.6 Å². The van der Waals surface area contributed by atoms with Crippen molar-refractivity contribution in [1.82, 2.24) is 9.97 Å². The summed E-state index contributed by atoms with van der Waals surface area (Å²) < 4.78 is 0.869. The first kappa shape index (κ1) is 12.9. The summed E-state index contributed by atoms with van der Waals surface area (Å²) in [6.07, 6.45) is 5.38. The fraction of sp³-hybridized carbons (Fsp3) is 0.0625. The number of carbonyl (C=O) groups is 1. The van der Waals surface area contributed by atoms with E-state index in [0.717, 1.165) is 20.8 Å². The van der Waals surface area contributed by atoms with E-state index in [2.05, 4.69) is 25.9 Å². The average molecular weight is 327 g/mol. The lowest BCUT2D eigenvalue weighted by atomic mass is 10.0. The molecule has 1 aromatic carbocycles. The van der Waals surface area contributed by atoms with Gasteiger partial charge in [-0.1, -0.05) is 24.3 Å². The van der Waals surface area contributed by atoms with Gasteiger partial charge in [-0.05, 0) is 39.0 Å². The van der Waals surface area contributed by atoms with Gasteiger partial charge in [-0.25, -0.2) is 0 Å². The molecule has 0 amide bonds. The molecule has 0 spiro atoms. The quantitative estimate of drug-likeness (QED) is 0.687. The predicted octanol–water partition coefficient (Wildman–Crippen LogP) is 3.82. The SMILES string of the molecule is O=C(Cc1cncc(Br)c1)c1nccc2ccccc12. The van der Waals surface area contributed by atoms with E-state index in [0.29, 0.717) is 12.1 Å². The van der Waals surface area contributed by atoms with Crippen LogP contribution in [0.2, 0.25) is 0 Å². The van der Waals surface area contributed by atoms with Gasteiger partial charge in [0, 0.05) is 34.9 Å². The van der Waals surface area contributed by atoms with Crippen LogP contribution in [0.15, 0.2) is 59.5 Å². The highest BCUT2D eigenvalue weighted by molar-refractivity contribution is 9.10. The number of Topliss-reactive ketones (excluding diaryl/α,β-unsaturated/α-hetero) is 1. The molecule has 4 heteroatoms. The lowest BCUT2D eigenvalue weighted by molar-refractivity contribution is 0.0990. The molecule has 98 valence electrons. The van der Waals surface area contributed by atoms with Gasteiger partial charge < -0.3 is 0 Å². The van der Waals surface area contributed by atoms with Crippen LogP contribution in [-0.2, 0) is 6.42 Å². The summed E-state index contributed by atoms with van der Waals surface area (Å²) in [5.74, 6) is 0.00157. The number of fused-ring (bicyclic) bond motifs is 1. The third-order valence-electron chi connectivity index (χ3n) is 3.06. The number of pyridine rings is 2. The van der Waals surface area contributed by atoms with Gasteiger partial charge in [-0.2, -0.15) is 0 Å². The Kier molecular flexibility index (Phi) is 3.56. The molecule has 3 rings (SSSR count). The fourth-order valence-electron chi connectivity index (χ4n) is 2.16. The number of nitrogens with zero attached hydrogens (tertiary/aromatic N) is 2. The van der Waals surface area contributed by atoms with Crippen molar-refractivity contribution < 1.29 is 4.79 Å². The van der Waals surface area contributed by atoms with Crippen LogP contribution in [0.3, 0.4) is 0 Å². The zero-order chi connectivity index (χ0) is 13.9. The van der Waals surface area contributed by atoms with Gasteiger partial charge in [0.2, 0.25) is 0 Å². The molecular weight excluding hydrogens is 316 g/mol. The first-order chi connectivity index (χ1) is 9.74. The van der Waals surface area contributed by atoms with E-state index < -0.39 is 0 Å². The van der Waals surface area contributed by atoms with E-state index in [4.69, 9.17) is 0 Å². The lowest BCUT2D eigenvalue weighted by Gasteiger charge is -2.05. The Morgan fingerprint density at radius 2 is 2.00 bits per heavy atom. The third kappa shape index (κ3) is 2.60. The molecule has 0 aliphatic carbocycles. The monoisotopic (exact) mass is 326 g/mol. The first-order valence-electron chi connectivity index (χ1n) is 6.20. The summed E-state index contributed by atoms with van der Waals surface area (Å²) in [6, 6.07) is 11.6. The Bertz CT molecular complexity index is 781. The molecule has 0 aliphatic heterocycles. The average Bonchev–Trinajstić information content (AvgIpc) is 2.46. The summed E-state index contributed by atoms with van der Waals surface area (Å²) in [4.78, 5) is 20.8. The van der Waals surface area contributed by atoms with E-state index in [9.17, 15) is 4.79 Å². The molecule has 0 bridgehead atoms. The number of carbonyl (C=O) groups excluding carboxylic acids is 1. The highest BCUT2D eigenvalue weighted by Gasteiger charge is 2.12. The maximum absolute atomic E-state index is 12.4. The van der Waals surface area contributed by atoms with Crippen molar-refractivity contribution >= 4 is 32.5 Å². The summed E-state index contributed by atoms with van der Waals surface area (Å²) in [5, 5.41) is 1.92. The van der Waals surface area contributed by atoms with E-state index in [-0.39, 0.29) is 5.78 Å². The van der Waals surface area contributed by atoms with Crippen molar-refractivity contribution in [1.29, 1.82) is 0 Å². The fourth-order valence-corrected chi connectivity index (χ4v) is 2.58. The molecule has 0 N–H and O–H groups in total. The number of aromatic nitrogens is 2.